The summed E-state index contributed by atoms with van der Waals surface area (Å²) in [6.45, 7) is 3.67. The monoisotopic (exact) mass is 251 g/mol. The van der Waals surface area contributed by atoms with Crippen molar-refractivity contribution in [3.05, 3.63) is 0 Å². The highest BCUT2D eigenvalue weighted by molar-refractivity contribution is 5.80. The van der Waals surface area contributed by atoms with E-state index in [1.165, 1.54) is 0 Å². The molecule has 17 heavy (non-hydrogen) atoms. The largest absolute Gasteiger partial charge is 0.399 e. The van der Waals surface area contributed by atoms with Gasteiger partial charge in [0.05, 0.1) is 0 Å². The molecule has 0 aromatic rings. The maximum atomic E-state index is 12.7. The molecule has 0 saturated carbocycles. The lowest BCUT2D eigenvalue weighted by Crippen LogP contribution is -2.51. The first-order chi connectivity index (χ1) is 7.73. The lowest BCUT2D eigenvalue weighted by atomic mass is 9.95. The molecule has 3 atom stereocenters. The number of nitrogens with zero attached hydrogens (tertiary/aromatic N) is 1. The normalized spacial score (nSPS) is 29.0. The van der Waals surface area contributed by atoms with Crippen LogP contribution < -0.4 is 5.73 Å². The van der Waals surface area contributed by atoms with Crippen LogP contribution in [0, 0.1) is 11.3 Å². The van der Waals surface area contributed by atoms with Crippen molar-refractivity contribution < 1.29 is 13.2 Å². The number of piperidine rings is 1. The molecule has 0 spiro atoms. The summed E-state index contributed by atoms with van der Waals surface area (Å²) in [5.41, 5.74) is 5.07. The van der Waals surface area contributed by atoms with Gasteiger partial charge in [-0.2, -0.15) is 13.2 Å². The van der Waals surface area contributed by atoms with Gasteiger partial charge in [-0.05, 0) is 26.7 Å². The Kier molecular flexibility index (Phi) is 4.41. The van der Waals surface area contributed by atoms with Crippen molar-refractivity contribution in [1.82, 2.24) is 4.90 Å². The van der Waals surface area contributed by atoms with Crippen LogP contribution in [0.15, 0.2) is 0 Å². The van der Waals surface area contributed by atoms with Crippen molar-refractivity contribution in [2.24, 2.45) is 11.7 Å². The molecule has 0 amide bonds. The van der Waals surface area contributed by atoms with E-state index in [1.807, 2.05) is 18.7 Å². The van der Waals surface area contributed by atoms with Gasteiger partial charge in [-0.15, -0.1) is 0 Å². The topological polar surface area (TPSA) is 53.1 Å². The van der Waals surface area contributed by atoms with Gasteiger partial charge in [0.15, 0.2) is 0 Å². The van der Waals surface area contributed by atoms with Crippen LogP contribution in [0.1, 0.15) is 33.1 Å². The lowest BCUT2D eigenvalue weighted by molar-refractivity contribution is -0.163. The summed E-state index contributed by atoms with van der Waals surface area (Å²) in [6, 6.07) is 0.255. The van der Waals surface area contributed by atoms with Crippen molar-refractivity contribution in [2.75, 3.05) is 6.54 Å². The van der Waals surface area contributed by atoms with Gasteiger partial charge in [-0.3, -0.25) is 10.3 Å². The number of nitrogens with one attached hydrogen (secondary N) is 1. The average molecular weight is 251 g/mol. The van der Waals surface area contributed by atoms with Crippen LogP contribution in [0.2, 0.25) is 0 Å². The van der Waals surface area contributed by atoms with Gasteiger partial charge >= 0.3 is 6.18 Å². The van der Waals surface area contributed by atoms with Gasteiger partial charge in [-0.25, -0.2) is 0 Å². The molecule has 1 aliphatic rings. The van der Waals surface area contributed by atoms with Crippen molar-refractivity contribution in [2.45, 2.75) is 51.4 Å². The van der Waals surface area contributed by atoms with Gasteiger partial charge in [0.1, 0.15) is 11.8 Å². The molecule has 1 fully saturated rings. The van der Waals surface area contributed by atoms with E-state index in [2.05, 4.69) is 0 Å². The fourth-order valence-corrected chi connectivity index (χ4v) is 2.42. The Labute approximate surface area is 99.7 Å². The molecule has 1 saturated heterocycles. The first-order valence-electron chi connectivity index (χ1n) is 5.90. The second-order valence-electron chi connectivity index (χ2n) is 4.88. The summed E-state index contributed by atoms with van der Waals surface area (Å²) >= 11 is 0. The molecule has 1 aliphatic heterocycles. The number of halogens is 3. The number of rotatable bonds is 3. The molecule has 0 aliphatic carbocycles. The van der Waals surface area contributed by atoms with Crippen molar-refractivity contribution in [1.29, 1.82) is 5.41 Å². The fourth-order valence-electron chi connectivity index (χ4n) is 2.42. The zero-order valence-electron chi connectivity index (χ0n) is 10.2. The Morgan fingerprint density at radius 3 is 2.18 bits per heavy atom. The average Bonchev–Trinajstić information content (AvgIpc) is 2.14. The van der Waals surface area contributed by atoms with Crippen molar-refractivity contribution >= 4 is 5.84 Å². The summed E-state index contributed by atoms with van der Waals surface area (Å²) in [7, 11) is 0. The smallest absolute Gasteiger partial charge is 0.387 e. The summed E-state index contributed by atoms with van der Waals surface area (Å²) in [6.07, 6.45) is -1.56. The van der Waals surface area contributed by atoms with E-state index >= 15 is 0 Å². The van der Waals surface area contributed by atoms with Gasteiger partial charge < -0.3 is 5.73 Å². The number of alkyl halides is 3. The van der Waals surface area contributed by atoms with Crippen LogP contribution in [0.3, 0.4) is 0 Å². The maximum Gasteiger partial charge on any atom is 0.399 e. The SMILES string of the molecule is C[C@@H]1CCC[C@H](C)N1CC(C(=N)N)C(F)(F)F. The highest BCUT2D eigenvalue weighted by Crippen LogP contribution is 2.30. The molecule has 0 aromatic heterocycles. The van der Waals surface area contributed by atoms with E-state index in [0.29, 0.717) is 0 Å². The third-order valence-corrected chi connectivity index (χ3v) is 3.54. The Balaban J connectivity index is 2.75. The molecule has 100 valence electrons. The van der Waals surface area contributed by atoms with E-state index in [1.54, 1.807) is 0 Å². The Morgan fingerprint density at radius 2 is 1.82 bits per heavy atom. The quantitative estimate of drug-likeness (QED) is 0.597. The summed E-state index contributed by atoms with van der Waals surface area (Å²) in [5.74, 6) is -2.63. The molecule has 0 bridgehead atoms. The number of likely N-dealkylation sites (tertiary alicyclic amines) is 1. The molecule has 3 nitrogen and oxygen atoms in total. The van der Waals surface area contributed by atoms with E-state index in [0.717, 1.165) is 19.3 Å². The molecule has 6 heteroatoms. The first kappa shape index (κ1) is 14.3. The molecule has 1 rings (SSSR count). The zero-order chi connectivity index (χ0) is 13.2. The maximum absolute atomic E-state index is 12.7. The summed E-state index contributed by atoms with van der Waals surface area (Å²) in [4.78, 5) is 1.82. The van der Waals surface area contributed by atoms with Crippen molar-refractivity contribution in [3.63, 3.8) is 0 Å². The van der Waals surface area contributed by atoms with Gasteiger partial charge in [-0.1, -0.05) is 6.42 Å². The number of nitrogens with two attached hydrogens (primary N) is 1. The van der Waals surface area contributed by atoms with Crippen LogP contribution in [0.4, 0.5) is 13.2 Å². The van der Waals surface area contributed by atoms with Crippen molar-refractivity contribution in [3.8, 4) is 0 Å². The fraction of sp³-hybridized carbons (Fsp3) is 0.909. The molecule has 0 radical (unpaired) electrons. The Hall–Kier alpha value is -0.780. The molecule has 1 heterocycles. The third kappa shape index (κ3) is 3.59. The molecule has 3 N–H and O–H groups in total. The van der Waals surface area contributed by atoms with Gasteiger partial charge in [0.2, 0.25) is 0 Å². The molecular formula is C11H20F3N3. The highest BCUT2D eigenvalue weighted by atomic mass is 19.4. The first-order valence-corrected chi connectivity index (χ1v) is 5.90. The molecule has 0 aromatic carbocycles. The Morgan fingerprint density at radius 1 is 1.35 bits per heavy atom. The van der Waals surface area contributed by atoms with E-state index in [4.69, 9.17) is 11.1 Å². The standard InChI is InChI=1S/C11H20F3N3/c1-7-4-3-5-8(2)17(7)6-9(10(15)16)11(12,13)14/h7-9H,3-6H2,1-2H3,(H3,15,16)/t7-,8+,9?. The third-order valence-electron chi connectivity index (χ3n) is 3.54. The van der Waals surface area contributed by atoms with E-state index in [-0.39, 0.29) is 18.6 Å². The lowest BCUT2D eigenvalue weighted by Gasteiger charge is -2.41. The summed E-state index contributed by atoms with van der Waals surface area (Å²) < 4.78 is 38.2. The second kappa shape index (κ2) is 5.25. The van der Waals surface area contributed by atoms with Gasteiger partial charge in [0.25, 0.3) is 0 Å². The van der Waals surface area contributed by atoms with Crippen LogP contribution >= 0.6 is 0 Å². The van der Waals surface area contributed by atoms with Crippen LogP contribution in [0.25, 0.3) is 0 Å². The van der Waals surface area contributed by atoms with Crippen LogP contribution in [-0.2, 0) is 0 Å². The van der Waals surface area contributed by atoms with E-state index in [9.17, 15) is 13.2 Å². The summed E-state index contributed by atoms with van der Waals surface area (Å²) in [5, 5.41) is 7.09. The Bertz CT molecular complexity index is 268. The van der Waals surface area contributed by atoms with E-state index < -0.39 is 17.9 Å². The molecule has 1 unspecified atom stereocenters. The number of amidine groups is 1. The molecular weight excluding hydrogens is 231 g/mol. The van der Waals surface area contributed by atoms with Crippen LogP contribution in [0.5, 0.6) is 0 Å². The van der Waals surface area contributed by atoms with Gasteiger partial charge in [0, 0.05) is 18.6 Å². The predicted octanol–water partition coefficient (Wildman–Crippen LogP) is 2.36. The number of hydrogen-bond acceptors (Lipinski definition) is 2. The zero-order valence-corrected chi connectivity index (χ0v) is 10.2. The number of hydrogen-bond donors (Lipinski definition) is 2. The predicted molar refractivity (Wildman–Crippen MR) is 60.9 cm³/mol. The minimum atomic E-state index is -4.43. The second-order valence-corrected chi connectivity index (χ2v) is 4.88. The van der Waals surface area contributed by atoms with Crippen LogP contribution in [-0.4, -0.2) is 35.5 Å². The minimum Gasteiger partial charge on any atom is -0.387 e. The highest BCUT2D eigenvalue weighted by Gasteiger charge is 2.44. The minimum absolute atomic E-state index is 0.128.